The highest BCUT2D eigenvalue weighted by Gasteiger charge is 2.26. The van der Waals surface area contributed by atoms with Gasteiger partial charge < -0.3 is 9.80 Å². The Morgan fingerprint density at radius 2 is 1.68 bits per heavy atom. The van der Waals surface area contributed by atoms with Crippen molar-refractivity contribution in [1.29, 1.82) is 0 Å². The molecule has 2 aromatic carbocycles. The normalized spacial score (nSPS) is 15.9. The zero-order chi connectivity index (χ0) is 17.6. The quantitative estimate of drug-likeness (QED) is 0.812. The topological polar surface area (TPSA) is 23.6 Å². The number of amides is 1. The van der Waals surface area contributed by atoms with E-state index in [1.54, 1.807) is 23.9 Å². The maximum atomic E-state index is 13.9. The van der Waals surface area contributed by atoms with Crippen molar-refractivity contribution in [3.8, 4) is 0 Å². The van der Waals surface area contributed by atoms with Crippen molar-refractivity contribution in [3.63, 3.8) is 0 Å². The van der Waals surface area contributed by atoms with E-state index in [9.17, 15) is 9.18 Å². The Labute approximate surface area is 152 Å². The number of carbonyl (C=O) groups excluding carboxylic acids is 1. The highest BCUT2D eigenvalue weighted by molar-refractivity contribution is 7.99. The molecule has 0 saturated carbocycles. The first kappa shape index (κ1) is 17.8. The summed E-state index contributed by atoms with van der Waals surface area (Å²) in [4.78, 5) is 16.6. The van der Waals surface area contributed by atoms with Gasteiger partial charge in [0, 0.05) is 31.9 Å². The number of halogens is 1. The van der Waals surface area contributed by atoms with Crippen molar-refractivity contribution in [2.45, 2.75) is 17.9 Å². The summed E-state index contributed by atoms with van der Waals surface area (Å²) >= 11 is 1.67. The van der Waals surface area contributed by atoms with Crippen LogP contribution in [0, 0.1) is 5.82 Å². The maximum Gasteiger partial charge on any atom is 0.235 e. The number of rotatable bonds is 5. The van der Waals surface area contributed by atoms with Gasteiger partial charge in [-0.05, 0) is 24.6 Å². The van der Waals surface area contributed by atoms with Gasteiger partial charge in [-0.1, -0.05) is 42.5 Å². The molecule has 1 saturated heterocycles. The minimum absolute atomic E-state index is 0.0692. The molecule has 0 radical (unpaired) electrons. The molecule has 1 amide bonds. The fourth-order valence-electron chi connectivity index (χ4n) is 3.00. The number of carbonyl (C=O) groups is 1. The minimum Gasteiger partial charge on any atom is -0.366 e. The van der Waals surface area contributed by atoms with Crippen LogP contribution in [0.3, 0.4) is 0 Å². The van der Waals surface area contributed by atoms with Crippen LogP contribution in [0.2, 0.25) is 0 Å². The molecule has 0 bridgehead atoms. The molecule has 3 rings (SSSR count). The monoisotopic (exact) mass is 358 g/mol. The first-order chi connectivity index (χ1) is 12.1. The van der Waals surface area contributed by atoms with Gasteiger partial charge in [0.2, 0.25) is 5.91 Å². The van der Waals surface area contributed by atoms with E-state index in [0.717, 1.165) is 5.75 Å². The molecular weight excluding hydrogens is 335 g/mol. The average molecular weight is 358 g/mol. The molecular formula is C20H23FN2OS. The summed E-state index contributed by atoms with van der Waals surface area (Å²) in [6.45, 7) is 4.59. The van der Waals surface area contributed by atoms with Gasteiger partial charge >= 0.3 is 0 Å². The van der Waals surface area contributed by atoms with E-state index in [2.05, 4.69) is 12.1 Å². The molecule has 0 aliphatic carbocycles. The van der Waals surface area contributed by atoms with Crippen LogP contribution in [0.25, 0.3) is 0 Å². The van der Waals surface area contributed by atoms with Crippen molar-refractivity contribution < 1.29 is 9.18 Å². The van der Waals surface area contributed by atoms with Crippen LogP contribution >= 0.6 is 11.8 Å². The van der Waals surface area contributed by atoms with Crippen LogP contribution < -0.4 is 4.90 Å². The standard InChI is InChI=1S/C20H23FN2OS/c1-16(25-15-17-7-3-2-4-8-17)20(24)23-13-11-22(12-14-23)19-10-6-5-9-18(19)21/h2-10,16H,11-15H2,1H3/t16-/m0/s1. The lowest BCUT2D eigenvalue weighted by molar-refractivity contribution is -0.130. The van der Waals surface area contributed by atoms with E-state index in [0.29, 0.717) is 31.9 Å². The third kappa shape index (κ3) is 4.54. The molecule has 1 heterocycles. The molecule has 1 aliphatic heterocycles. The molecule has 1 fully saturated rings. The molecule has 0 spiro atoms. The predicted molar refractivity (Wildman–Crippen MR) is 102 cm³/mol. The van der Waals surface area contributed by atoms with E-state index in [1.807, 2.05) is 41.0 Å². The van der Waals surface area contributed by atoms with Crippen LogP contribution in [0.15, 0.2) is 54.6 Å². The molecule has 0 N–H and O–H groups in total. The van der Waals surface area contributed by atoms with Gasteiger partial charge in [0.05, 0.1) is 10.9 Å². The summed E-state index contributed by atoms with van der Waals surface area (Å²) in [6, 6.07) is 17.0. The Bertz CT molecular complexity index is 702. The molecule has 0 unspecified atom stereocenters. The number of hydrogen-bond acceptors (Lipinski definition) is 3. The molecule has 25 heavy (non-hydrogen) atoms. The second kappa shape index (κ2) is 8.39. The van der Waals surface area contributed by atoms with Gasteiger partial charge in [0.25, 0.3) is 0 Å². The highest BCUT2D eigenvalue weighted by Crippen LogP contribution is 2.23. The van der Waals surface area contributed by atoms with Gasteiger partial charge in [-0.2, -0.15) is 0 Å². The third-order valence-corrected chi connectivity index (χ3v) is 5.68. The maximum absolute atomic E-state index is 13.9. The van der Waals surface area contributed by atoms with E-state index in [-0.39, 0.29) is 17.0 Å². The first-order valence-corrected chi connectivity index (χ1v) is 9.64. The lowest BCUT2D eigenvalue weighted by Gasteiger charge is -2.37. The Morgan fingerprint density at radius 1 is 1.04 bits per heavy atom. The summed E-state index contributed by atoms with van der Waals surface area (Å²) in [5.74, 6) is 0.811. The molecule has 1 atom stereocenters. The summed E-state index contributed by atoms with van der Waals surface area (Å²) in [7, 11) is 0. The van der Waals surface area contributed by atoms with Crippen LogP contribution in [0.4, 0.5) is 10.1 Å². The van der Waals surface area contributed by atoms with Crippen molar-refractivity contribution in [2.75, 3.05) is 31.1 Å². The summed E-state index contributed by atoms with van der Waals surface area (Å²) in [5.41, 5.74) is 1.86. The number of hydrogen-bond donors (Lipinski definition) is 0. The number of nitrogens with zero attached hydrogens (tertiary/aromatic N) is 2. The van der Waals surface area contributed by atoms with Gasteiger partial charge in [-0.3, -0.25) is 4.79 Å². The largest absolute Gasteiger partial charge is 0.366 e. The van der Waals surface area contributed by atoms with E-state index >= 15 is 0 Å². The number of benzene rings is 2. The number of piperazine rings is 1. The Kier molecular flexibility index (Phi) is 5.97. The average Bonchev–Trinajstić information content (AvgIpc) is 2.67. The molecule has 0 aromatic heterocycles. The second-order valence-corrected chi connectivity index (χ2v) is 7.53. The SMILES string of the molecule is C[C@H](SCc1ccccc1)C(=O)N1CCN(c2ccccc2F)CC1. The predicted octanol–water partition coefficient (Wildman–Crippen LogP) is 3.80. The van der Waals surface area contributed by atoms with Crippen LogP contribution in [0.1, 0.15) is 12.5 Å². The van der Waals surface area contributed by atoms with Crippen LogP contribution in [-0.2, 0) is 10.5 Å². The zero-order valence-electron chi connectivity index (χ0n) is 14.4. The van der Waals surface area contributed by atoms with Crippen molar-refractivity contribution in [3.05, 3.63) is 66.0 Å². The molecule has 5 heteroatoms. The van der Waals surface area contributed by atoms with Crippen molar-refractivity contribution in [1.82, 2.24) is 4.90 Å². The van der Waals surface area contributed by atoms with E-state index in [1.165, 1.54) is 11.6 Å². The van der Waals surface area contributed by atoms with Gasteiger partial charge in [-0.15, -0.1) is 11.8 Å². The van der Waals surface area contributed by atoms with Crippen molar-refractivity contribution >= 4 is 23.4 Å². The van der Waals surface area contributed by atoms with Crippen molar-refractivity contribution in [2.24, 2.45) is 0 Å². The Hall–Kier alpha value is -2.01. The highest BCUT2D eigenvalue weighted by atomic mass is 32.2. The van der Waals surface area contributed by atoms with E-state index < -0.39 is 0 Å². The Morgan fingerprint density at radius 3 is 2.36 bits per heavy atom. The number of anilines is 1. The first-order valence-electron chi connectivity index (χ1n) is 8.59. The van der Waals surface area contributed by atoms with E-state index in [4.69, 9.17) is 0 Å². The summed E-state index contributed by atoms with van der Waals surface area (Å²) < 4.78 is 13.9. The van der Waals surface area contributed by atoms with Gasteiger partial charge in [0.1, 0.15) is 5.82 Å². The summed E-state index contributed by atoms with van der Waals surface area (Å²) in [5, 5.41) is -0.0692. The van der Waals surface area contributed by atoms with Gasteiger partial charge in [-0.25, -0.2) is 4.39 Å². The lowest BCUT2D eigenvalue weighted by atomic mass is 10.2. The molecule has 132 valence electrons. The number of para-hydroxylation sites is 1. The fraction of sp³-hybridized carbons (Fsp3) is 0.350. The second-order valence-electron chi connectivity index (χ2n) is 6.20. The zero-order valence-corrected chi connectivity index (χ0v) is 15.2. The fourth-order valence-corrected chi connectivity index (χ4v) is 3.93. The molecule has 2 aromatic rings. The number of thioether (sulfide) groups is 1. The van der Waals surface area contributed by atoms with Crippen LogP contribution in [-0.4, -0.2) is 42.2 Å². The van der Waals surface area contributed by atoms with Crippen LogP contribution in [0.5, 0.6) is 0 Å². The minimum atomic E-state index is -0.200. The molecule has 1 aliphatic rings. The van der Waals surface area contributed by atoms with Gasteiger partial charge in [0.15, 0.2) is 0 Å². The smallest absolute Gasteiger partial charge is 0.235 e. The lowest BCUT2D eigenvalue weighted by Crippen LogP contribution is -2.50. The molecule has 3 nitrogen and oxygen atoms in total. The summed E-state index contributed by atoms with van der Waals surface area (Å²) in [6.07, 6.45) is 0. The third-order valence-electron chi connectivity index (χ3n) is 4.48. The Balaban J connectivity index is 1.50.